The van der Waals surface area contributed by atoms with E-state index in [2.05, 4.69) is 15.9 Å². The van der Waals surface area contributed by atoms with Gasteiger partial charge in [0.2, 0.25) is 5.91 Å². The molecule has 1 heterocycles. The van der Waals surface area contributed by atoms with Gasteiger partial charge in [0.1, 0.15) is 17.5 Å². The zero-order chi connectivity index (χ0) is 21.1. The van der Waals surface area contributed by atoms with E-state index in [1.54, 1.807) is 19.2 Å². The highest BCUT2D eigenvalue weighted by Crippen LogP contribution is 2.23. The highest BCUT2D eigenvalue weighted by molar-refractivity contribution is 9.10. The highest BCUT2D eigenvalue weighted by Gasteiger charge is 2.30. The van der Waals surface area contributed by atoms with E-state index in [9.17, 15) is 22.8 Å². The summed E-state index contributed by atoms with van der Waals surface area (Å²) in [6.45, 7) is 0.736. The standard InChI is InChI=1S/C21H20BrF3N2O2/c1-26(12-14-10-15(22)2-5-18(14)24)20(28)13-6-8-27(9-7-13)21(29)17-4-3-16(23)11-19(17)25/h2-5,10-11,13H,6-9,12H2,1H3. The van der Waals surface area contributed by atoms with Crippen molar-refractivity contribution in [2.45, 2.75) is 19.4 Å². The Kier molecular flexibility index (Phi) is 6.62. The number of hydrogen-bond donors (Lipinski definition) is 0. The van der Waals surface area contributed by atoms with Crippen molar-refractivity contribution >= 4 is 27.7 Å². The summed E-state index contributed by atoms with van der Waals surface area (Å²) in [6.07, 6.45) is 0.859. The first kappa shape index (κ1) is 21.4. The third kappa shape index (κ3) is 4.98. The summed E-state index contributed by atoms with van der Waals surface area (Å²) in [6, 6.07) is 7.43. The molecule has 0 spiro atoms. The lowest BCUT2D eigenvalue weighted by Gasteiger charge is -2.33. The largest absolute Gasteiger partial charge is 0.341 e. The monoisotopic (exact) mass is 468 g/mol. The molecule has 2 amide bonds. The summed E-state index contributed by atoms with van der Waals surface area (Å²) >= 11 is 3.29. The van der Waals surface area contributed by atoms with Crippen LogP contribution >= 0.6 is 15.9 Å². The van der Waals surface area contributed by atoms with Crippen molar-refractivity contribution in [1.82, 2.24) is 9.80 Å². The number of carbonyl (C=O) groups excluding carboxylic acids is 2. The molecule has 2 aromatic rings. The summed E-state index contributed by atoms with van der Waals surface area (Å²) in [4.78, 5) is 28.1. The fourth-order valence-electron chi connectivity index (χ4n) is 3.47. The lowest BCUT2D eigenvalue weighted by Crippen LogP contribution is -2.43. The average Bonchev–Trinajstić information content (AvgIpc) is 2.70. The normalized spacial score (nSPS) is 14.7. The average molecular weight is 469 g/mol. The Balaban J connectivity index is 1.58. The molecule has 0 radical (unpaired) electrons. The number of halogens is 4. The van der Waals surface area contributed by atoms with Crippen molar-refractivity contribution in [1.29, 1.82) is 0 Å². The van der Waals surface area contributed by atoms with E-state index in [1.165, 1.54) is 15.9 Å². The second-order valence-electron chi connectivity index (χ2n) is 7.12. The van der Waals surface area contributed by atoms with Gasteiger partial charge in [0, 0.05) is 48.7 Å². The fraction of sp³-hybridized carbons (Fsp3) is 0.333. The summed E-state index contributed by atoms with van der Waals surface area (Å²) < 4.78 is 41.6. The van der Waals surface area contributed by atoms with E-state index in [0.29, 0.717) is 37.6 Å². The van der Waals surface area contributed by atoms with Gasteiger partial charge < -0.3 is 9.80 Å². The van der Waals surface area contributed by atoms with Gasteiger partial charge in [-0.05, 0) is 43.2 Å². The first-order chi connectivity index (χ1) is 13.8. The Bertz CT molecular complexity index is 930. The molecule has 0 bridgehead atoms. The van der Waals surface area contributed by atoms with E-state index in [1.807, 2.05) is 0 Å². The molecule has 0 unspecified atom stereocenters. The molecule has 0 atom stereocenters. The lowest BCUT2D eigenvalue weighted by atomic mass is 9.94. The fourth-order valence-corrected chi connectivity index (χ4v) is 3.88. The molecule has 8 heteroatoms. The Labute approximate surface area is 175 Å². The molecule has 1 saturated heterocycles. The Morgan fingerprint density at radius 1 is 1.07 bits per heavy atom. The maximum atomic E-state index is 13.9. The molecule has 1 aliphatic heterocycles. The molecule has 0 N–H and O–H groups in total. The minimum Gasteiger partial charge on any atom is -0.341 e. The molecule has 1 aliphatic rings. The minimum atomic E-state index is -0.899. The second kappa shape index (κ2) is 8.98. The Morgan fingerprint density at radius 3 is 2.41 bits per heavy atom. The predicted molar refractivity (Wildman–Crippen MR) is 106 cm³/mol. The van der Waals surface area contributed by atoms with Crippen LogP contribution in [0.1, 0.15) is 28.8 Å². The number of carbonyl (C=O) groups is 2. The first-order valence-electron chi connectivity index (χ1n) is 9.19. The van der Waals surface area contributed by atoms with Crippen LogP contribution in [0, 0.1) is 23.4 Å². The number of rotatable bonds is 4. The van der Waals surface area contributed by atoms with Crippen LogP contribution in [0.5, 0.6) is 0 Å². The Hall–Kier alpha value is -2.35. The third-order valence-electron chi connectivity index (χ3n) is 5.08. The van der Waals surface area contributed by atoms with Crippen LogP contribution in [0.3, 0.4) is 0 Å². The van der Waals surface area contributed by atoms with Gasteiger partial charge in [0.25, 0.3) is 5.91 Å². The third-order valence-corrected chi connectivity index (χ3v) is 5.58. The van der Waals surface area contributed by atoms with Gasteiger partial charge in [0.05, 0.1) is 5.56 Å². The number of amides is 2. The van der Waals surface area contributed by atoms with Crippen molar-refractivity contribution in [2.24, 2.45) is 5.92 Å². The molecule has 29 heavy (non-hydrogen) atoms. The summed E-state index contributed by atoms with van der Waals surface area (Å²) in [7, 11) is 1.62. The first-order valence-corrected chi connectivity index (χ1v) is 9.99. The zero-order valence-corrected chi connectivity index (χ0v) is 17.4. The number of piperidine rings is 1. The topological polar surface area (TPSA) is 40.6 Å². The van der Waals surface area contributed by atoms with Crippen LogP contribution in [0.2, 0.25) is 0 Å². The maximum absolute atomic E-state index is 13.9. The van der Waals surface area contributed by atoms with Crippen LogP contribution in [0.25, 0.3) is 0 Å². The van der Waals surface area contributed by atoms with Crippen LogP contribution in [-0.4, -0.2) is 41.8 Å². The van der Waals surface area contributed by atoms with Gasteiger partial charge in [-0.2, -0.15) is 0 Å². The van der Waals surface area contributed by atoms with Crippen molar-refractivity contribution in [3.63, 3.8) is 0 Å². The maximum Gasteiger partial charge on any atom is 0.256 e. The van der Waals surface area contributed by atoms with Crippen molar-refractivity contribution in [3.05, 3.63) is 69.4 Å². The van der Waals surface area contributed by atoms with E-state index in [4.69, 9.17) is 0 Å². The van der Waals surface area contributed by atoms with Crippen LogP contribution in [0.4, 0.5) is 13.2 Å². The SMILES string of the molecule is CN(Cc1cc(Br)ccc1F)C(=O)C1CCN(C(=O)c2ccc(F)cc2F)CC1. The van der Waals surface area contributed by atoms with E-state index in [-0.39, 0.29) is 29.8 Å². The van der Waals surface area contributed by atoms with Crippen LogP contribution in [-0.2, 0) is 11.3 Å². The van der Waals surface area contributed by atoms with Crippen molar-refractivity contribution < 1.29 is 22.8 Å². The van der Waals surface area contributed by atoms with E-state index < -0.39 is 17.5 Å². The number of benzene rings is 2. The smallest absolute Gasteiger partial charge is 0.256 e. The molecule has 4 nitrogen and oxygen atoms in total. The molecule has 3 rings (SSSR count). The van der Waals surface area contributed by atoms with Crippen LogP contribution < -0.4 is 0 Å². The van der Waals surface area contributed by atoms with Gasteiger partial charge in [-0.15, -0.1) is 0 Å². The quantitative estimate of drug-likeness (QED) is 0.667. The number of nitrogens with zero attached hydrogens (tertiary/aromatic N) is 2. The van der Waals surface area contributed by atoms with Gasteiger partial charge in [0.15, 0.2) is 0 Å². The number of hydrogen-bond acceptors (Lipinski definition) is 2. The molecular weight excluding hydrogens is 449 g/mol. The van der Waals surface area contributed by atoms with Gasteiger partial charge in [-0.3, -0.25) is 9.59 Å². The molecule has 0 saturated carbocycles. The van der Waals surface area contributed by atoms with Gasteiger partial charge in [-0.25, -0.2) is 13.2 Å². The molecule has 1 fully saturated rings. The molecule has 0 aliphatic carbocycles. The highest BCUT2D eigenvalue weighted by atomic mass is 79.9. The van der Waals surface area contributed by atoms with Gasteiger partial charge >= 0.3 is 0 Å². The number of likely N-dealkylation sites (tertiary alicyclic amines) is 1. The van der Waals surface area contributed by atoms with E-state index in [0.717, 1.165) is 16.6 Å². The predicted octanol–water partition coefficient (Wildman–Crippen LogP) is 4.38. The summed E-state index contributed by atoms with van der Waals surface area (Å²) in [5.41, 5.74) is 0.230. The van der Waals surface area contributed by atoms with Gasteiger partial charge in [-0.1, -0.05) is 15.9 Å². The summed E-state index contributed by atoms with van der Waals surface area (Å²) in [5, 5.41) is 0. The summed E-state index contributed by atoms with van der Waals surface area (Å²) in [5.74, 6) is -2.95. The molecule has 154 valence electrons. The lowest BCUT2D eigenvalue weighted by molar-refractivity contribution is -0.136. The van der Waals surface area contributed by atoms with Crippen molar-refractivity contribution in [2.75, 3.05) is 20.1 Å². The minimum absolute atomic E-state index is 0.121. The second-order valence-corrected chi connectivity index (χ2v) is 8.04. The molecular formula is C21H20BrF3N2O2. The zero-order valence-electron chi connectivity index (χ0n) is 15.8. The Morgan fingerprint density at radius 2 is 1.76 bits per heavy atom. The van der Waals surface area contributed by atoms with Crippen molar-refractivity contribution in [3.8, 4) is 0 Å². The molecule has 2 aromatic carbocycles. The van der Waals surface area contributed by atoms with Crippen LogP contribution in [0.15, 0.2) is 40.9 Å². The molecule has 0 aromatic heterocycles. The van der Waals surface area contributed by atoms with E-state index >= 15 is 0 Å².